The number of para-hydroxylation sites is 2. The van der Waals surface area contributed by atoms with Gasteiger partial charge in [-0.05, 0) is 24.3 Å². The Hall–Kier alpha value is -1.91. The molecule has 4 nitrogen and oxygen atoms in total. The molecular formula is C19H21Cl2N3O. The molecule has 1 N–H and O–H groups in total. The van der Waals surface area contributed by atoms with Crippen LogP contribution in [0.5, 0.6) is 0 Å². The van der Waals surface area contributed by atoms with Crippen molar-refractivity contribution in [1.29, 1.82) is 0 Å². The molecule has 0 aliphatic carbocycles. The number of anilines is 2. The van der Waals surface area contributed by atoms with Crippen molar-refractivity contribution >= 4 is 40.5 Å². The number of hydrogen-bond donors (Lipinski definition) is 1. The first-order valence-corrected chi connectivity index (χ1v) is 9.16. The van der Waals surface area contributed by atoms with Crippen LogP contribution in [-0.4, -0.2) is 43.5 Å². The molecule has 1 aliphatic heterocycles. The van der Waals surface area contributed by atoms with E-state index in [1.807, 2.05) is 23.1 Å². The molecule has 0 unspecified atom stereocenters. The fourth-order valence-corrected chi connectivity index (χ4v) is 3.50. The van der Waals surface area contributed by atoms with Crippen LogP contribution in [0.1, 0.15) is 6.42 Å². The number of halogens is 2. The first-order chi connectivity index (χ1) is 12.1. The molecule has 25 heavy (non-hydrogen) atoms. The van der Waals surface area contributed by atoms with Gasteiger partial charge >= 0.3 is 0 Å². The lowest BCUT2D eigenvalue weighted by atomic mass is 10.2. The maximum Gasteiger partial charge on any atom is 0.224 e. The Kier molecular flexibility index (Phi) is 6.05. The van der Waals surface area contributed by atoms with Crippen molar-refractivity contribution < 1.29 is 4.79 Å². The van der Waals surface area contributed by atoms with Crippen molar-refractivity contribution in [2.75, 3.05) is 42.9 Å². The number of carbonyl (C=O) groups is 1. The fraction of sp³-hybridized carbons (Fsp3) is 0.316. The minimum atomic E-state index is 0.156. The summed E-state index contributed by atoms with van der Waals surface area (Å²) in [5, 5.41) is 4.30. The molecule has 2 aromatic carbocycles. The Morgan fingerprint density at radius 3 is 2.20 bits per heavy atom. The Morgan fingerprint density at radius 1 is 0.920 bits per heavy atom. The monoisotopic (exact) mass is 377 g/mol. The predicted octanol–water partition coefficient (Wildman–Crippen LogP) is 4.14. The van der Waals surface area contributed by atoms with Gasteiger partial charge in [-0.25, -0.2) is 0 Å². The number of piperazine rings is 1. The van der Waals surface area contributed by atoms with Crippen molar-refractivity contribution in [3.05, 3.63) is 58.6 Å². The summed E-state index contributed by atoms with van der Waals surface area (Å²) in [4.78, 5) is 16.6. The highest BCUT2D eigenvalue weighted by Gasteiger charge is 2.20. The number of nitrogens with one attached hydrogen (secondary N) is 1. The highest BCUT2D eigenvalue weighted by molar-refractivity contribution is 6.39. The third kappa shape index (κ3) is 4.59. The van der Waals surface area contributed by atoms with E-state index in [-0.39, 0.29) is 5.91 Å². The molecule has 0 atom stereocenters. The molecule has 1 saturated heterocycles. The summed E-state index contributed by atoms with van der Waals surface area (Å²) in [7, 11) is 0. The van der Waals surface area contributed by atoms with Crippen molar-refractivity contribution in [3.8, 4) is 0 Å². The van der Waals surface area contributed by atoms with E-state index < -0.39 is 0 Å². The molecule has 0 radical (unpaired) electrons. The van der Waals surface area contributed by atoms with Gasteiger partial charge in [0.05, 0.1) is 15.7 Å². The van der Waals surface area contributed by atoms with Crippen LogP contribution in [0.4, 0.5) is 11.4 Å². The lowest BCUT2D eigenvalue weighted by Gasteiger charge is -2.36. The van der Waals surface area contributed by atoms with E-state index >= 15 is 0 Å². The summed E-state index contributed by atoms with van der Waals surface area (Å²) in [5.41, 5.74) is 1.90. The third-order valence-electron chi connectivity index (χ3n) is 4.36. The van der Waals surface area contributed by atoms with Crippen molar-refractivity contribution in [3.63, 3.8) is 0 Å². The molecule has 1 aliphatic rings. The molecule has 3 rings (SSSR count). The Labute approximate surface area is 158 Å². The van der Waals surface area contributed by atoms with Crippen molar-refractivity contribution in [2.45, 2.75) is 6.42 Å². The molecule has 1 fully saturated rings. The Bertz CT molecular complexity index is 696. The van der Waals surface area contributed by atoms with Crippen LogP contribution in [0.15, 0.2) is 48.5 Å². The van der Waals surface area contributed by atoms with Crippen LogP contribution in [0.3, 0.4) is 0 Å². The molecule has 1 amide bonds. The summed E-state index contributed by atoms with van der Waals surface area (Å²) in [6.07, 6.45) is 0.424. The van der Waals surface area contributed by atoms with Crippen molar-refractivity contribution in [2.24, 2.45) is 0 Å². The van der Waals surface area contributed by atoms with Crippen molar-refractivity contribution in [1.82, 2.24) is 4.90 Å². The number of nitrogens with zero attached hydrogens (tertiary/aromatic N) is 2. The number of rotatable bonds is 5. The predicted molar refractivity (Wildman–Crippen MR) is 105 cm³/mol. The van der Waals surface area contributed by atoms with Crippen LogP contribution in [0, 0.1) is 0 Å². The number of benzene rings is 2. The normalized spacial score (nSPS) is 14.5. The molecule has 6 heteroatoms. The summed E-state index contributed by atoms with van der Waals surface area (Å²) in [6, 6.07) is 15.7. The van der Waals surface area contributed by atoms with Gasteiger partial charge in [-0.1, -0.05) is 47.5 Å². The maximum absolute atomic E-state index is 12.4. The third-order valence-corrected chi connectivity index (χ3v) is 4.99. The topological polar surface area (TPSA) is 35.6 Å². The summed E-state index contributed by atoms with van der Waals surface area (Å²) in [6.45, 7) is 3.74. The molecule has 0 spiro atoms. The largest absolute Gasteiger partial charge is 0.382 e. The van der Waals surface area contributed by atoms with Gasteiger partial charge in [0, 0.05) is 44.8 Å². The van der Waals surface area contributed by atoms with Gasteiger partial charge in [-0.3, -0.25) is 4.79 Å². The summed E-state index contributed by atoms with van der Waals surface area (Å²) in [5.74, 6) is 0.156. The van der Waals surface area contributed by atoms with Crippen LogP contribution >= 0.6 is 23.2 Å². The molecule has 0 aromatic heterocycles. The van der Waals surface area contributed by atoms with Gasteiger partial charge in [0.2, 0.25) is 5.91 Å². The Balaban J connectivity index is 1.45. The van der Waals surface area contributed by atoms with E-state index in [0.29, 0.717) is 28.7 Å². The Morgan fingerprint density at radius 2 is 1.56 bits per heavy atom. The summed E-state index contributed by atoms with van der Waals surface area (Å²) < 4.78 is 0. The molecular weight excluding hydrogens is 357 g/mol. The van der Waals surface area contributed by atoms with E-state index in [2.05, 4.69) is 22.3 Å². The highest BCUT2D eigenvalue weighted by Crippen LogP contribution is 2.29. The smallest absolute Gasteiger partial charge is 0.224 e. The zero-order valence-corrected chi connectivity index (χ0v) is 15.4. The molecule has 0 saturated carbocycles. The van der Waals surface area contributed by atoms with Gasteiger partial charge in [-0.2, -0.15) is 0 Å². The highest BCUT2D eigenvalue weighted by atomic mass is 35.5. The number of amides is 1. The van der Waals surface area contributed by atoms with Gasteiger partial charge < -0.3 is 15.1 Å². The van der Waals surface area contributed by atoms with E-state index in [4.69, 9.17) is 23.2 Å². The molecule has 2 aromatic rings. The molecule has 132 valence electrons. The summed E-state index contributed by atoms with van der Waals surface area (Å²) >= 11 is 12.2. The molecule has 0 bridgehead atoms. The second-order valence-corrected chi connectivity index (χ2v) is 6.79. The zero-order chi connectivity index (χ0) is 17.6. The second kappa shape index (κ2) is 8.45. The van der Waals surface area contributed by atoms with E-state index in [0.717, 1.165) is 26.2 Å². The minimum Gasteiger partial charge on any atom is -0.382 e. The second-order valence-electron chi connectivity index (χ2n) is 5.98. The van der Waals surface area contributed by atoms with Gasteiger partial charge in [-0.15, -0.1) is 0 Å². The lowest BCUT2D eigenvalue weighted by molar-refractivity contribution is -0.131. The standard InChI is InChI=1S/C19H21Cl2N3O/c20-16-7-4-8-17(21)19(16)22-10-9-18(25)24-13-11-23(12-14-24)15-5-2-1-3-6-15/h1-8,22H,9-14H2. The van der Waals surface area contributed by atoms with Gasteiger partial charge in [0.1, 0.15) is 0 Å². The van der Waals surface area contributed by atoms with Crippen LogP contribution in [0.25, 0.3) is 0 Å². The fourth-order valence-electron chi connectivity index (χ4n) is 2.97. The SMILES string of the molecule is O=C(CCNc1c(Cl)cccc1Cl)N1CCN(c2ccccc2)CC1. The van der Waals surface area contributed by atoms with E-state index in [1.54, 1.807) is 18.2 Å². The van der Waals surface area contributed by atoms with Gasteiger partial charge in [0.15, 0.2) is 0 Å². The van der Waals surface area contributed by atoms with E-state index in [1.165, 1.54) is 5.69 Å². The first-order valence-electron chi connectivity index (χ1n) is 8.41. The minimum absolute atomic E-state index is 0.156. The quantitative estimate of drug-likeness (QED) is 0.849. The van der Waals surface area contributed by atoms with E-state index in [9.17, 15) is 4.79 Å². The van der Waals surface area contributed by atoms with Crippen LogP contribution in [-0.2, 0) is 4.79 Å². The first kappa shape index (κ1) is 17.9. The van der Waals surface area contributed by atoms with Crippen LogP contribution < -0.4 is 10.2 Å². The number of carbonyl (C=O) groups excluding carboxylic acids is 1. The zero-order valence-electron chi connectivity index (χ0n) is 13.9. The van der Waals surface area contributed by atoms with Gasteiger partial charge in [0.25, 0.3) is 0 Å². The lowest BCUT2D eigenvalue weighted by Crippen LogP contribution is -2.49. The average molecular weight is 378 g/mol. The average Bonchev–Trinajstić information content (AvgIpc) is 2.65. The maximum atomic E-state index is 12.4. The number of hydrogen-bond acceptors (Lipinski definition) is 3. The van der Waals surface area contributed by atoms with Crippen LogP contribution in [0.2, 0.25) is 10.0 Å². The molecule has 1 heterocycles.